The molecule has 0 spiro atoms. The quantitative estimate of drug-likeness (QED) is 0.356. The molecule has 0 aliphatic heterocycles. The van der Waals surface area contributed by atoms with Crippen molar-refractivity contribution in [3.63, 3.8) is 0 Å². The fraction of sp³-hybridized carbons (Fsp3) is 0.150. The molecule has 0 aliphatic carbocycles. The van der Waals surface area contributed by atoms with Gasteiger partial charge in [0.1, 0.15) is 5.69 Å². The van der Waals surface area contributed by atoms with Gasteiger partial charge >= 0.3 is 6.18 Å². The van der Waals surface area contributed by atoms with Crippen molar-refractivity contribution in [1.29, 1.82) is 0 Å². The van der Waals surface area contributed by atoms with E-state index < -0.39 is 17.1 Å². The molecule has 0 aliphatic rings. The summed E-state index contributed by atoms with van der Waals surface area (Å²) in [6.45, 7) is 1.59. The lowest BCUT2D eigenvalue weighted by Crippen LogP contribution is -2.23. The highest BCUT2D eigenvalue weighted by Gasteiger charge is 2.34. The molecule has 3 rings (SSSR count). The Morgan fingerprint density at radius 1 is 1.07 bits per heavy atom. The Bertz CT molecular complexity index is 1020. The minimum Gasteiger partial charge on any atom is -0.324 e. The molecule has 0 saturated carbocycles. The van der Waals surface area contributed by atoms with E-state index in [1.165, 1.54) is 0 Å². The highest BCUT2D eigenvalue weighted by molar-refractivity contribution is 9.10. The number of anilines is 1. The van der Waals surface area contributed by atoms with Gasteiger partial charge in [-0.3, -0.25) is 4.79 Å². The van der Waals surface area contributed by atoms with E-state index in [4.69, 9.17) is 0 Å². The smallest absolute Gasteiger partial charge is 0.324 e. The maximum Gasteiger partial charge on any atom is 0.433 e. The Morgan fingerprint density at radius 2 is 1.72 bits per heavy atom. The summed E-state index contributed by atoms with van der Waals surface area (Å²) in [5, 5.41) is 1.91. The third-order valence-corrected chi connectivity index (χ3v) is 5.50. The number of aromatic nitrogens is 2. The Kier molecular flexibility index (Phi) is 6.59. The molecule has 1 N–H and O–H groups in total. The third kappa shape index (κ3) is 5.57. The number of para-hydroxylation sites is 1. The summed E-state index contributed by atoms with van der Waals surface area (Å²) in [4.78, 5) is 20.3. The van der Waals surface area contributed by atoms with Gasteiger partial charge in [0.05, 0.1) is 16.6 Å². The average molecular weight is 482 g/mol. The van der Waals surface area contributed by atoms with Gasteiger partial charge < -0.3 is 5.32 Å². The predicted molar refractivity (Wildman–Crippen MR) is 111 cm³/mol. The van der Waals surface area contributed by atoms with E-state index in [0.717, 1.165) is 17.8 Å². The molecule has 29 heavy (non-hydrogen) atoms. The van der Waals surface area contributed by atoms with Gasteiger partial charge in [-0.15, -0.1) is 0 Å². The van der Waals surface area contributed by atoms with Gasteiger partial charge in [0.25, 0.3) is 0 Å². The zero-order valence-corrected chi connectivity index (χ0v) is 17.5. The maximum atomic E-state index is 13.3. The molecule has 1 atom stereocenters. The molecule has 1 amide bonds. The van der Waals surface area contributed by atoms with Crippen LogP contribution in [0.4, 0.5) is 18.9 Å². The lowest BCUT2D eigenvalue weighted by molar-refractivity contribution is -0.141. The van der Waals surface area contributed by atoms with Crippen LogP contribution in [0.1, 0.15) is 12.6 Å². The van der Waals surface area contributed by atoms with Crippen molar-refractivity contribution in [3.05, 3.63) is 70.8 Å². The van der Waals surface area contributed by atoms with E-state index in [-0.39, 0.29) is 16.8 Å². The van der Waals surface area contributed by atoms with Crippen LogP contribution in [0.2, 0.25) is 0 Å². The zero-order valence-electron chi connectivity index (χ0n) is 15.1. The van der Waals surface area contributed by atoms with Crippen molar-refractivity contribution in [2.24, 2.45) is 0 Å². The highest BCUT2D eigenvalue weighted by Crippen LogP contribution is 2.33. The van der Waals surface area contributed by atoms with E-state index in [9.17, 15) is 18.0 Å². The lowest BCUT2D eigenvalue weighted by Gasteiger charge is -2.14. The van der Waals surface area contributed by atoms with Gasteiger partial charge in [-0.05, 0) is 41.1 Å². The third-order valence-electron chi connectivity index (χ3n) is 3.85. The summed E-state index contributed by atoms with van der Waals surface area (Å²) in [7, 11) is 0. The first-order chi connectivity index (χ1) is 13.7. The Balaban J connectivity index is 1.85. The average Bonchev–Trinajstić information content (AvgIpc) is 2.69. The summed E-state index contributed by atoms with van der Waals surface area (Å²) in [6.07, 6.45) is -4.62. The standard InChI is InChI=1S/C20H15BrF3N3OS/c1-12(18(28)25-15-10-6-5-9-14(15)21)29-19-26-16(13-7-3-2-4-8-13)11-17(27-19)20(22,23)24/h2-12H,1H3,(H,25,28)/t12-/m1/s1. The number of carbonyl (C=O) groups is 1. The van der Waals surface area contributed by atoms with Crippen molar-refractivity contribution >= 4 is 39.3 Å². The summed E-state index contributed by atoms with van der Waals surface area (Å²) < 4.78 is 40.6. The van der Waals surface area contributed by atoms with E-state index in [2.05, 4.69) is 31.2 Å². The maximum absolute atomic E-state index is 13.3. The second-order valence-corrected chi connectivity index (χ2v) is 8.18. The van der Waals surface area contributed by atoms with E-state index in [1.54, 1.807) is 61.5 Å². The van der Waals surface area contributed by atoms with E-state index in [1.807, 2.05) is 0 Å². The normalized spacial score (nSPS) is 12.4. The molecular weight excluding hydrogens is 467 g/mol. The topological polar surface area (TPSA) is 54.9 Å². The molecular formula is C20H15BrF3N3OS. The first-order valence-electron chi connectivity index (χ1n) is 8.48. The minimum atomic E-state index is -4.62. The lowest BCUT2D eigenvalue weighted by atomic mass is 10.1. The molecule has 0 fully saturated rings. The molecule has 0 saturated heterocycles. The molecule has 0 unspecified atom stereocenters. The van der Waals surface area contributed by atoms with Crippen LogP contribution >= 0.6 is 27.7 Å². The number of rotatable bonds is 5. The minimum absolute atomic E-state index is 0.117. The monoisotopic (exact) mass is 481 g/mol. The number of nitrogens with zero attached hydrogens (tertiary/aromatic N) is 2. The number of amides is 1. The van der Waals surface area contributed by atoms with Gasteiger partial charge in [0.15, 0.2) is 5.16 Å². The highest BCUT2D eigenvalue weighted by atomic mass is 79.9. The number of carbonyl (C=O) groups excluding carboxylic acids is 1. The van der Waals surface area contributed by atoms with Crippen molar-refractivity contribution in [1.82, 2.24) is 9.97 Å². The van der Waals surface area contributed by atoms with Gasteiger partial charge in [0.2, 0.25) is 5.91 Å². The first-order valence-corrected chi connectivity index (χ1v) is 10.1. The zero-order chi connectivity index (χ0) is 21.0. The van der Waals surface area contributed by atoms with Crippen LogP contribution in [0.15, 0.2) is 70.3 Å². The van der Waals surface area contributed by atoms with Crippen molar-refractivity contribution in [2.75, 3.05) is 5.32 Å². The number of benzene rings is 2. The Labute approximate surface area is 178 Å². The van der Waals surface area contributed by atoms with E-state index >= 15 is 0 Å². The van der Waals surface area contributed by atoms with Gasteiger partial charge in [0, 0.05) is 10.0 Å². The number of halogens is 4. The molecule has 0 radical (unpaired) electrons. The molecule has 0 bridgehead atoms. The van der Waals surface area contributed by atoms with Crippen molar-refractivity contribution in [2.45, 2.75) is 23.5 Å². The van der Waals surface area contributed by atoms with Gasteiger partial charge in [-0.2, -0.15) is 13.2 Å². The SMILES string of the molecule is C[C@@H](Sc1nc(-c2ccccc2)cc(C(F)(F)F)n1)C(=O)Nc1ccccc1Br. The molecule has 150 valence electrons. The van der Waals surface area contributed by atoms with Gasteiger partial charge in [-0.25, -0.2) is 9.97 Å². The largest absolute Gasteiger partial charge is 0.433 e. The van der Waals surface area contributed by atoms with Crippen LogP contribution in [0.3, 0.4) is 0 Å². The number of nitrogens with one attached hydrogen (secondary N) is 1. The Morgan fingerprint density at radius 3 is 2.38 bits per heavy atom. The van der Waals surface area contributed by atoms with Crippen LogP contribution in [0.25, 0.3) is 11.3 Å². The van der Waals surface area contributed by atoms with Crippen molar-refractivity contribution < 1.29 is 18.0 Å². The molecule has 1 heterocycles. The molecule has 9 heteroatoms. The molecule has 4 nitrogen and oxygen atoms in total. The first kappa shape index (κ1) is 21.3. The van der Waals surface area contributed by atoms with Crippen LogP contribution < -0.4 is 5.32 Å². The molecule has 1 aromatic heterocycles. The number of alkyl halides is 3. The Hall–Kier alpha value is -2.39. The number of hydrogen-bond donors (Lipinski definition) is 1. The van der Waals surface area contributed by atoms with E-state index in [0.29, 0.717) is 15.7 Å². The van der Waals surface area contributed by atoms with Crippen LogP contribution in [-0.4, -0.2) is 21.1 Å². The molecule has 3 aromatic rings. The summed E-state index contributed by atoms with van der Waals surface area (Å²) in [5.41, 5.74) is 0.202. The molecule has 2 aromatic carbocycles. The fourth-order valence-corrected chi connectivity index (χ4v) is 3.56. The second kappa shape index (κ2) is 8.96. The summed E-state index contributed by atoms with van der Waals surface area (Å²) in [5.74, 6) is -0.371. The fourth-order valence-electron chi connectivity index (χ4n) is 2.39. The number of thioether (sulfide) groups is 1. The second-order valence-electron chi connectivity index (χ2n) is 6.01. The summed E-state index contributed by atoms with van der Waals surface area (Å²) in [6, 6.07) is 16.5. The van der Waals surface area contributed by atoms with Crippen molar-refractivity contribution in [3.8, 4) is 11.3 Å². The predicted octanol–water partition coefficient (Wildman–Crippen LogP) is 6.04. The van der Waals surface area contributed by atoms with Gasteiger partial charge in [-0.1, -0.05) is 54.2 Å². The van der Waals surface area contributed by atoms with Crippen LogP contribution in [0, 0.1) is 0 Å². The summed E-state index contributed by atoms with van der Waals surface area (Å²) >= 11 is 4.20. The van der Waals surface area contributed by atoms with Crippen LogP contribution in [-0.2, 0) is 11.0 Å². The number of hydrogen-bond acceptors (Lipinski definition) is 4. The van der Waals surface area contributed by atoms with Crippen LogP contribution in [0.5, 0.6) is 0 Å².